The standard InChI is InChI=1S/C17H18ClN5O/c1-2-12-9-16(23-17(21-12)19-11-20-23)22-8-7-13(10-22)24-15-6-4-3-5-14(15)18/h3-6,9,11,13H,2,7-8,10H2,1H3. The van der Waals surface area contributed by atoms with Gasteiger partial charge < -0.3 is 9.64 Å². The number of ether oxygens (including phenoxy) is 1. The van der Waals surface area contributed by atoms with Crippen LogP contribution in [0.1, 0.15) is 19.0 Å². The Bertz CT molecular complexity index is 865. The van der Waals surface area contributed by atoms with Crippen LogP contribution in [0.2, 0.25) is 5.02 Å². The third-order valence-electron chi connectivity index (χ3n) is 4.25. The van der Waals surface area contributed by atoms with E-state index in [1.54, 1.807) is 10.8 Å². The number of hydrogen-bond acceptors (Lipinski definition) is 5. The Balaban J connectivity index is 1.57. The molecule has 0 radical (unpaired) electrons. The molecular formula is C17H18ClN5O. The molecule has 6 nitrogen and oxygen atoms in total. The number of aryl methyl sites for hydroxylation is 1. The number of anilines is 1. The Morgan fingerprint density at radius 1 is 1.33 bits per heavy atom. The average Bonchev–Trinajstić information content (AvgIpc) is 3.25. The molecule has 1 fully saturated rings. The Hall–Kier alpha value is -2.34. The van der Waals surface area contributed by atoms with Crippen LogP contribution in [0.25, 0.3) is 5.78 Å². The van der Waals surface area contributed by atoms with Gasteiger partial charge in [-0.1, -0.05) is 30.7 Å². The molecule has 1 saturated heterocycles. The van der Waals surface area contributed by atoms with Crippen molar-refractivity contribution in [1.29, 1.82) is 0 Å². The number of hydrogen-bond donors (Lipinski definition) is 0. The van der Waals surface area contributed by atoms with Gasteiger partial charge in [-0.25, -0.2) is 4.98 Å². The monoisotopic (exact) mass is 343 g/mol. The molecule has 1 unspecified atom stereocenters. The first-order valence-corrected chi connectivity index (χ1v) is 8.48. The number of nitrogens with zero attached hydrogens (tertiary/aromatic N) is 5. The molecule has 24 heavy (non-hydrogen) atoms. The van der Waals surface area contributed by atoms with E-state index in [0.29, 0.717) is 10.8 Å². The van der Waals surface area contributed by atoms with Crippen molar-refractivity contribution in [2.24, 2.45) is 0 Å². The minimum Gasteiger partial charge on any atom is -0.487 e. The van der Waals surface area contributed by atoms with Crippen molar-refractivity contribution in [3.8, 4) is 5.75 Å². The summed E-state index contributed by atoms with van der Waals surface area (Å²) in [6.45, 7) is 3.77. The summed E-state index contributed by atoms with van der Waals surface area (Å²) in [4.78, 5) is 11.0. The third-order valence-corrected chi connectivity index (χ3v) is 4.56. The van der Waals surface area contributed by atoms with Crippen LogP contribution in [0.4, 0.5) is 5.82 Å². The molecule has 124 valence electrons. The molecule has 1 aliphatic heterocycles. The van der Waals surface area contributed by atoms with Gasteiger partial charge in [-0.05, 0) is 18.6 Å². The predicted octanol–water partition coefficient (Wildman–Crippen LogP) is 3.00. The van der Waals surface area contributed by atoms with Crippen molar-refractivity contribution < 1.29 is 4.74 Å². The second-order valence-electron chi connectivity index (χ2n) is 5.84. The molecule has 2 aromatic heterocycles. The van der Waals surface area contributed by atoms with Crippen LogP contribution in [-0.2, 0) is 6.42 Å². The summed E-state index contributed by atoms with van der Waals surface area (Å²) in [7, 11) is 0. The van der Waals surface area contributed by atoms with Crippen molar-refractivity contribution in [1.82, 2.24) is 19.6 Å². The van der Waals surface area contributed by atoms with Gasteiger partial charge in [0.15, 0.2) is 0 Å². The molecule has 1 aliphatic rings. The molecule has 3 aromatic rings. The van der Waals surface area contributed by atoms with E-state index in [-0.39, 0.29) is 6.10 Å². The number of aromatic nitrogens is 4. The lowest BCUT2D eigenvalue weighted by atomic mass is 10.3. The normalized spacial score (nSPS) is 17.6. The highest BCUT2D eigenvalue weighted by Gasteiger charge is 2.27. The van der Waals surface area contributed by atoms with E-state index in [1.165, 1.54) is 0 Å². The van der Waals surface area contributed by atoms with Gasteiger partial charge in [-0.2, -0.15) is 14.6 Å². The van der Waals surface area contributed by atoms with Crippen LogP contribution in [0.3, 0.4) is 0 Å². The SMILES string of the molecule is CCc1cc(N2CCC(Oc3ccccc3Cl)C2)n2ncnc2n1. The molecular weight excluding hydrogens is 326 g/mol. The molecule has 3 heterocycles. The summed E-state index contributed by atoms with van der Waals surface area (Å²) in [6, 6.07) is 9.67. The largest absolute Gasteiger partial charge is 0.487 e. The Labute approximate surface area is 145 Å². The van der Waals surface area contributed by atoms with E-state index >= 15 is 0 Å². The van der Waals surface area contributed by atoms with E-state index in [4.69, 9.17) is 16.3 Å². The zero-order valence-electron chi connectivity index (χ0n) is 13.4. The molecule has 0 spiro atoms. The van der Waals surface area contributed by atoms with Crippen LogP contribution in [0, 0.1) is 0 Å². The molecule has 4 rings (SSSR count). The molecule has 0 aliphatic carbocycles. The maximum atomic E-state index is 6.19. The Kier molecular flexibility index (Phi) is 3.98. The molecule has 1 atom stereocenters. The number of benzene rings is 1. The molecule has 1 aromatic carbocycles. The van der Waals surface area contributed by atoms with E-state index in [9.17, 15) is 0 Å². The lowest BCUT2D eigenvalue weighted by Gasteiger charge is -2.20. The van der Waals surface area contributed by atoms with Crippen LogP contribution in [0.5, 0.6) is 5.75 Å². The van der Waals surface area contributed by atoms with Crippen molar-refractivity contribution in [3.63, 3.8) is 0 Å². The van der Waals surface area contributed by atoms with Gasteiger partial charge >= 0.3 is 0 Å². The van der Waals surface area contributed by atoms with Crippen molar-refractivity contribution in [2.45, 2.75) is 25.9 Å². The van der Waals surface area contributed by atoms with Crippen LogP contribution < -0.4 is 9.64 Å². The fraction of sp³-hybridized carbons (Fsp3) is 0.353. The zero-order valence-corrected chi connectivity index (χ0v) is 14.1. The highest BCUT2D eigenvalue weighted by atomic mass is 35.5. The van der Waals surface area contributed by atoms with Crippen LogP contribution in [0.15, 0.2) is 36.7 Å². The smallest absolute Gasteiger partial charge is 0.254 e. The summed E-state index contributed by atoms with van der Waals surface area (Å²) >= 11 is 6.19. The van der Waals surface area contributed by atoms with Gasteiger partial charge in [0.05, 0.1) is 11.6 Å². The van der Waals surface area contributed by atoms with Crippen molar-refractivity contribution in [3.05, 3.63) is 47.4 Å². The number of halogens is 1. The molecule has 0 saturated carbocycles. The highest BCUT2D eigenvalue weighted by molar-refractivity contribution is 6.32. The molecule has 0 N–H and O–H groups in total. The molecule has 7 heteroatoms. The Morgan fingerprint density at radius 2 is 2.21 bits per heavy atom. The van der Waals surface area contributed by atoms with Crippen molar-refractivity contribution >= 4 is 23.2 Å². The maximum Gasteiger partial charge on any atom is 0.254 e. The minimum atomic E-state index is 0.0988. The topological polar surface area (TPSA) is 55.6 Å². The van der Waals surface area contributed by atoms with Gasteiger partial charge in [0.1, 0.15) is 24.0 Å². The number of rotatable bonds is 4. The van der Waals surface area contributed by atoms with Gasteiger partial charge in [0, 0.05) is 24.7 Å². The van der Waals surface area contributed by atoms with E-state index < -0.39 is 0 Å². The fourth-order valence-corrected chi connectivity index (χ4v) is 3.18. The summed E-state index contributed by atoms with van der Waals surface area (Å²) in [5.41, 5.74) is 1.01. The second-order valence-corrected chi connectivity index (χ2v) is 6.24. The Morgan fingerprint density at radius 3 is 3.04 bits per heavy atom. The fourth-order valence-electron chi connectivity index (χ4n) is 3.00. The number of fused-ring (bicyclic) bond motifs is 1. The lowest BCUT2D eigenvalue weighted by Crippen LogP contribution is -2.26. The quantitative estimate of drug-likeness (QED) is 0.729. The predicted molar refractivity (Wildman–Crippen MR) is 92.9 cm³/mol. The first kappa shape index (κ1) is 15.2. The summed E-state index contributed by atoms with van der Waals surface area (Å²) in [6.07, 6.45) is 3.44. The molecule has 0 bridgehead atoms. The van der Waals surface area contributed by atoms with E-state index in [2.05, 4.69) is 33.0 Å². The van der Waals surface area contributed by atoms with Gasteiger partial charge in [0.2, 0.25) is 0 Å². The summed E-state index contributed by atoms with van der Waals surface area (Å²) < 4.78 is 7.86. The maximum absolute atomic E-state index is 6.19. The van der Waals surface area contributed by atoms with Crippen LogP contribution in [-0.4, -0.2) is 38.8 Å². The van der Waals surface area contributed by atoms with E-state index in [0.717, 1.165) is 43.2 Å². The highest BCUT2D eigenvalue weighted by Crippen LogP contribution is 2.28. The third kappa shape index (κ3) is 2.78. The summed E-state index contributed by atoms with van der Waals surface area (Å²) in [5.74, 6) is 2.39. The lowest BCUT2D eigenvalue weighted by molar-refractivity contribution is 0.225. The average molecular weight is 344 g/mol. The van der Waals surface area contributed by atoms with Crippen LogP contribution >= 0.6 is 11.6 Å². The minimum absolute atomic E-state index is 0.0988. The zero-order chi connectivity index (χ0) is 16.5. The number of para-hydroxylation sites is 1. The van der Waals surface area contributed by atoms with Crippen molar-refractivity contribution in [2.75, 3.05) is 18.0 Å². The first-order valence-electron chi connectivity index (χ1n) is 8.10. The van der Waals surface area contributed by atoms with Gasteiger partial charge in [0.25, 0.3) is 5.78 Å². The second kappa shape index (κ2) is 6.28. The summed E-state index contributed by atoms with van der Waals surface area (Å²) in [5, 5.41) is 4.95. The van der Waals surface area contributed by atoms with E-state index in [1.807, 2.05) is 24.3 Å². The first-order chi connectivity index (χ1) is 11.7. The molecule has 0 amide bonds. The van der Waals surface area contributed by atoms with Gasteiger partial charge in [-0.15, -0.1) is 0 Å². The van der Waals surface area contributed by atoms with Gasteiger partial charge in [-0.3, -0.25) is 0 Å².